The highest BCUT2D eigenvalue weighted by Gasteiger charge is 2.14. The Morgan fingerprint density at radius 1 is 1.65 bits per heavy atom. The summed E-state index contributed by atoms with van der Waals surface area (Å²) in [6.45, 7) is 1.88. The van der Waals surface area contributed by atoms with E-state index in [1.807, 2.05) is 0 Å². The number of carbonyl (C=O) groups excluding carboxylic acids is 1. The molecule has 0 unspecified atom stereocenters. The number of nitrogens with one attached hydrogen (secondary N) is 1. The highest BCUT2D eigenvalue weighted by Crippen LogP contribution is 2.33. The Balaban J connectivity index is 2.43. The van der Waals surface area contributed by atoms with E-state index in [-0.39, 0.29) is 16.8 Å². The molecular weight excluding hydrogens is 267 g/mol. The summed E-state index contributed by atoms with van der Waals surface area (Å²) in [5.41, 5.74) is 0.582. The van der Waals surface area contributed by atoms with Gasteiger partial charge in [-0.2, -0.15) is 0 Å². The zero-order valence-electron chi connectivity index (χ0n) is 8.79. The molecule has 4 nitrogen and oxygen atoms in total. The molecule has 1 N–H and O–H groups in total. The van der Waals surface area contributed by atoms with Crippen molar-refractivity contribution in [3.63, 3.8) is 0 Å². The summed E-state index contributed by atoms with van der Waals surface area (Å²) >= 11 is 6.84. The average Bonchev–Trinajstić information content (AvgIpc) is 2.64. The summed E-state index contributed by atoms with van der Waals surface area (Å²) in [6, 6.07) is 2.73. The lowest BCUT2D eigenvalue weighted by Gasteiger charge is -2.06. The van der Waals surface area contributed by atoms with Crippen LogP contribution < -0.4 is 5.32 Å². The van der Waals surface area contributed by atoms with Gasteiger partial charge in [-0.15, -0.1) is 11.3 Å². The Morgan fingerprint density at radius 2 is 2.41 bits per heavy atom. The molecule has 0 saturated carbocycles. The van der Waals surface area contributed by atoms with Crippen molar-refractivity contribution in [3.8, 4) is 0 Å². The lowest BCUT2D eigenvalue weighted by atomic mass is 10.3. The molecule has 0 spiro atoms. The molecule has 2 rings (SSSR count). The summed E-state index contributed by atoms with van der Waals surface area (Å²) in [7, 11) is 0. The van der Waals surface area contributed by atoms with Gasteiger partial charge in [-0.3, -0.25) is 5.32 Å². The first-order valence-electron chi connectivity index (χ1n) is 4.80. The molecule has 2 aromatic rings. The van der Waals surface area contributed by atoms with Crippen molar-refractivity contribution < 1.29 is 13.9 Å². The summed E-state index contributed by atoms with van der Waals surface area (Å²) < 4.78 is 19.1. The third-order valence-electron chi connectivity index (χ3n) is 1.98. The predicted octanol–water partition coefficient (Wildman–Crippen LogP) is 3.66. The number of amides is 1. The molecule has 1 heterocycles. The maximum atomic E-state index is 13.6. The van der Waals surface area contributed by atoms with Gasteiger partial charge >= 0.3 is 6.09 Å². The number of nitrogens with zero attached hydrogens (tertiary/aromatic N) is 1. The standard InChI is InChI=1S/C10H8ClFN2O2S/c1-2-16-10(15)14-7-5(12)3-4-6-8(7)17-9(11)13-6/h3-4H,2H2,1H3,(H,14,15). The van der Waals surface area contributed by atoms with Crippen molar-refractivity contribution in [1.29, 1.82) is 0 Å². The number of hydrogen-bond acceptors (Lipinski definition) is 4. The van der Waals surface area contributed by atoms with Crippen molar-refractivity contribution in [1.82, 2.24) is 4.98 Å². The smallest absolute Gasteiger partial charge is 0.411 e. The first-order valence-corrected chi connectivity index (χ1v) is 5.99. The molecule has 1 amide bonds. The molecule has 0 aliphatic carbocycles. The fourth-order valence-corrected chi connectivity index (χ4v) is 2.43. The number of hydrogen-bond donors (Lipinski definition) is 1. The van der Waals surface area contributed by atoms with E-state index in [9.17, 15) is 9.18 Å². The van der Waals surface area contributed by atoms with Gasteiger partial charge in [-0.25, -0.2) is 14.2 Å². The topological polar surface area (TPSA) is 51.2 Å². The molecule has 1 aromatic heterocycles. The van der Waals surface area contributed by atoms with Crippen molar-refractivity contribution >= 4 is 44.9 Å². The lowest BCUT2D eigenvalue weighted by Crippen LogP contribution is -2.14. The van der Waals surface area contributed by atoms with E-state index in [4.69, 9.17) is 16.3 Å². The van der Waals surface area contributed by atoms with E-state index in [2.05, 4.69) is 10.3 Å². The molecule has 17 heavy (non-hydrogen) atoms. The van der Waals surface area contributed by atoms with Crippen LogP contribution in [0.1, 0.15) is 6.92 Å². The van der Waals surface area contributed by atoms with Crippen molar-refractivity contribution in [2.45, 2.75) is 6.92 Å². The van der Waals surface area contributed by atoms with E-state index < -0.39 is 11.9 Å². The van der Waals surface area contributed by atoms with E-state index in [0.29, 0.717) is 10.2 Å². The highest BCUT2D eigenvalue weighted by atomic mass is 35.5. The monoisotopic (exact) mass is 274 g/mol. The molecule has 0 aliphatic rings. The Hall–Kier alpha value is -1.40. The first-order chi connectivity index (χ1) is 8.11. The van der Waals surface area contributed by atoms with Crippen LogP contribution in [0, 0.1) is 5.82 Å². The maximum Gasteiger partial charge on any atom is 0.411 e. The lowest BCUT2D eigenvalue weighted by molar-refractivity contribution is 0.168. The number of aromatic nitrogens is 1. The van der Waals surface area contributed by atoms with Crippen LogP contribution in [0.3, 0.4) is 0 Å². The Morgan fingerprint density at radius 3 is 3.12 bits per heavy atom. The molecule has 0 fully saturated rings. The first kappa shape index (κ1) is 12.1. The van der Waals surface area contributed by atoms with E-state index >= 15 is 0 Å². The van der Waals surface area contributed by atoms with Gasteiger partial charge in [0.25, 0.3) is 0 Å². The van der Waals surface area contributed by atoms with Crippen LogP contribution >= 0.6 is 22.9 Å². The predicted molar refractivity (Wildman–Crippen MR) is 65.2 cm³/mol. The quantitative estimate of drug-likeness (QED) is 0.909. The summed E-state index contributed by atoms with van der Waals surface area (Å²) in [4.78, 5) is 15.3. The zero-order valence-corrected chi connectivity index (χ0v) is 10.4. The van der Waals surface area contributed by atoms with Crippen LogP contribution in [-0.2, 0) is 4.74 Å². The summed E-state index contributed by atoms with van der Waals surface area (Å²) in [5, 5.41) is 2.34. The molecule has 0 radical (unpaired) electrons. The highest BCUT2D eigenvalue weighted by molar-refractivity contribution is 7.22. The molecule has 0 bridgehead atoms. The third kappa shape index (κ3) is 2.48. The van der Waals surface area contributed by atoms with Gasteiger partial charge in [0.2, 0.25) is 0 Å². The molecule has 1 aromatic carbocycles. The number of ether oxygens (including phenoxy) is 1. The average molecular weight is 275 g/mol. The van der Waals surface area contributed by atoms with Gasteiger partial charge in [-0.1, -0.05) is 11.6 Å². The molecule has 0 saturated heterocycles. The zero-order chi connectivity index (χ0) is 12.4. The minimum Gasteiger partial charge on any atom is -0.450 e. The Labute approximate surface area is 105 Å². The molecule has 0 atom stereocenters. The van der Waals surface area contributed by atoms with Crippen LogP contribution in [0.2, 0.25) is 4.47 Å². The summed E-state index contributed by atoms with van der Waals surface area (Å²) in [5.74, 6) is -0.550. The number of thiazole rings is 1. The van der Waals surface area contributed by atoms with Crippen LogP contribution in [0.15, 0.2) is 12.1 Å². The van der Waals surface area contributed by atoms with Crippen molar-refractivity contribution in [2.24, 2.45) is 0 Å². The fraction of sp³-hybridized carbons (Fsp3) is 0.200. The molecule has 0 aliphatic heterocycles. The van der Waals surface area contributed by atoms with Crippen molar-refractivity contribution in [3.05, 3.63) is 22.4 Å². The molecular formula is C10H8ClFN2O2S. The third-order valence-corrected chi connectivity index (χ3v) is 3.18. The van der Waals surface area contributed by atoms with Crippen molar-refractivity contribution in [2.75, 3.05) is 11.9 Å². The second kappa shape index (κ2) is 4.85. The van der Waals surface area contributed by atoms with Gasteiger partial charge < -0.3 is 4.74 Å². The van der Waals surface area contributed by atoms with E-state index in [1.165, 1.54) is 12.1 Å². The minimum atomic E-state index is -0.705. The van der Waals surface area contributed by atoms with Crippen LogP contribution in [-0.4, -0.2) is 17.7 Å². The van der Waals surface area contributed by atoms with E-state index in [1.54, 1.807) is 6.92 Å². The van der Waals surface area contributed by atoms with E-state index in [0.717, 1.165) is 11.3 Å². The van der Waals surface area contributed by atoms with Gasteiger partial charge in [-0.05, 0) is 19.1 Å². The Bertz CT molecular complexity index is 573. The molecule has 7 heteroatoms. The Kier molecular flexibility index (Phi) is 3.44. The number of rotatable bonds is 2. The van der Waals surface area contributed by atoms with Crippen LogP contribution in [0.5, 0.6) is 0 Å². The second-order valence-electron chi connectivity index (χ2n) is 3.08. The second-order valence-corrected chi connectivity index (χ2v) is 4.66. The largest absolute Gasteiger partial charge is 0.450 e. The fourth-order valence-electron chi connectivity index (χ4n) is 1.33. The number of anilines is 1. The maximum absolute atomic E-state index is 13.6. The van der Waals surface area contributed by atoms with Gasteiger partial charge in [0.15, 0.2) is 4.47 Å². The number of fused-ring (bicyclic) bond motifs is 1. The van der Waals surface area contributed by atoms with Crippen LogP contribution in [0.4, 0.5) is 14.9 Å². The van der Waals surface area contributed by atoms with Gasteiger partial charge in [0.1, 0.15) is 5.82 Å². The van der Waals surface area contributed by atoms with Crippen LogP contribution in [0.25, 0.3) is 10.2 Å². The minimum absolute atomic E-state index is 0.0466. The summed E-state index contributed by atoms with van der Waals surface area (Å²) in [6.07, 6.45) is -0.705. The number of halogens is 2. The SMILES string of the molecule is CCOC(=O)Nc1c(F)ccc2nc(Cl)sc12. The number of benzene rings is 1. The van der Waals surface area contributed by atoms with Gasteiger partial charge in [0.05, 0.1) is 22.5 Å². The number of carbonyl (C=O) groups is 1. The molecule has 90 valence electrons. The van der Waals surface area contributed by atoms with Gasteiger partial charge in [0, 0.05) is 0 Å². The normalized spacial score (nSPS) is 10.5.